The monoisotopic (exact) mass is 450 g/mol. The predicted octanol–water partition coefficient (Wildman–Crippen LogP) is 6.77. The molecule has 2 heterocycles. The number of fused-ring (bicyclic) bond motifs is 1. The van der Waals surface area contributed by atoms with Gasteiger partial charge in [0.15, 0.2) is 5.78 Å². The number of carbonyl (C=O) groups is 1. The van der Waals surface area contributed by atoms with Crippen LogP contribution in [0.5, 0.6) is 0 Å². The number of nitrogens with zero attached hydrogens (tertiary/aromatic N) is 1. The number of aromatic nitrogens is 2. The van der Waals surface area contributed by atoms with Crippen LogP contribution in [0.2, 0.25) is 0 Å². The molecule has 172 valence electrons. The van der Waals surface area contributed by atoms with Gasteiger partial charge in [0.2, 0.25) is 0 Å². The SMILES string of the molecule is O=C1CCCc2[nH]c(-c3ccnc(NCCCCc4ccccc4)c3)c(Nc3ccccc3)c21. The van der Waals surface area contributed by atoms with Crippen LogP contribution in [0.1, 0.15) is 47.3 Å². The van der Waals surface area contributed by atoms with Gasteiger partial charge in [0.1, 0.15) is 5.82 Å². The van der Waals surface area contributed by atoms with Gasteiger partial charge in [0, 0.05) is 36.1 Å². The van der Waals surface area contributed by atoms with E-state index < -0.39 is 0 Å². The minimum absolute atomic E-state index is 0.202. The van der Waals surface area contributed by atoms with E-state index in [1.54, 1.807) is 0 Å². The molecule has 0 radical (unpaired) electrons. The molecule has 1 aliphatic carbocycles. The van der Waals surface area contributed by atoms with Crippen molar-refractivity contribution in [2.24, 2.45) is 0 Å². The summed E-state index contributed by atoms with van der Waals surface area (Å²) in [4.78, 5) is 20.9. The Bertz CT molecular complexity index is 1250. The van der Waals surface area contributed by atoms with E-state index >= 15 is 0 Å². The molecule has 5 heteroatoms. The Balaban J connectivity index is 1.32. The van der Waals surface area contributed by atoms with Crippen LogP contribution in [0.15, 0.2) is 79.0 Å². The number of rotatable bonds is 9. The highest BCUT2D eigenvalue weighted by Crippen LogP contribution is 2.39. The molecular weight excluding hydrogens is 420 g/mol. The maximum atomic E-state index is 12.8. The second-order valence-electron chi connectivity index (χ2n) is 8.80. The summed E-state index contributed by atoms with van der Waals surface area (Å²) in [5, 5.41) is 6.98. The van der Waals surface area contributed by atoms with Crippen LogP contribution in [-0.2, 0) is 12.8 Å². The molecule has 0 fully saturated rings. The fourth-order valence-corrected chi connectivity index (χ4v) is 4.60. The van der Waals surface area contributed by atoms with Gasteiger partial charge >= 0.3 is 0 Å². The molecule has 5 nitrogen and oxygen atoms in total. The number of nitrogens with one attached hydrogen (secondary N) is 3. The van der Waals surface area contributed by atoms with E-state index in [0.29, 0.717) is 6.42 Å². The lowest BCUT2D eigenvalue weighted by atomic mass is 9.95. The van der Waals surface area contributed by atoms with Gasteiger partial charge in [-0.1, -0.05) is 48.5 Å². The molecule has 34 heavy (non-hydrogen) atoms. The molecule has 0 amide bonds. The Morgan fingerprint density at radius 3 is 2.53 bits per heavy atom. The van der Waals surface area contributed by atoms with Gasteiger partial charge in [0.25, 0.3) is 0 Å². The van der Waals surface area contributed by atoms with E-state index in [1.807, 2.05) is 42.6 Å². The third-order valence-corrected chi connectivity index (χ3v) is 6.32. The lowest BCUT2D eigenvalue weighted by Crippen LogP contribution is -2.10. The molecule has 0 atom stereocenters. The first-order valence-corrected chi connectivity index (χ1v) is 12.1. The molecule has 3 N–H and O–H groups in total. The molecular formula is C29H30N4O. The predicted molar refractivity (Wildman–Crippen MR) is 139 cm³/mol. The van der Waals surface area contributed by atoms with E-state index in [9.17, 15) is 4.79 Å². The molecule has 5 rings (SSSR count). The third kappa shape index (κ3) is 5.04. The largest absolute Gasteiger partial charge is 0.370 e. The molecule has 2 aromatic carbocycles. The van der Waals surface area contributed by atoms with Crippen molar-refractivity contribution in [1.82, 2.24) is 9.97 Å². The summed E-state index contributed by atoms with van der Waals surface area (Å²) in [5.41, 5.74) is 7.00. The smallest absolute Gasteiger partial charge is 0.166 e. The van der Waals surface area contributed by atoms with Crippen LogP contribution in [0.4, 0.5) is 17.2 Å². The number of anilines is 3. The van der Waals surface area contributed by atoms with E-state index in [0.717, 1.165) is 78.4 Å². The minimum atomic E-state index is 0.202. The highest BCUT2D eigenvalue weighted by molar-refractivity contribution is 6.07. The number of ketones is 1. The standard InChI is InChI=1S/C29H30N4O/c34-25-16-9-15-24-27(25)29(32-23-13-5-2-6-14-23)28(33-24)22-17-19-31-26(20-22)30-18-8-7-12-21-10-3-1-4-11-21/h1-6,10-11,13-14,17,19-20,32-33H,7-9,12,15-16,18H2,(H,30,31). The maximum Gasteiger partial charge on any atom is 0.166 e. The number of unbranched alkanes of at least 4 members (excludes halogenated alkanes) is 1. The van der Waals surface area contributed by atoms with Crippen LogP contribution >= 0.6 is 0 Å². The van der Waals surface area contributed by atoms with Crippen molar-refractivity contribution in [2.45, 2.75) is 38.5 Å². The number of hydrogen-bond acceptors (Lipinski definition) is 4. The highest BCUT2D eigenvalue weighted by atomic mass is 16.1. The van der Waals surface area contributed by atoms with Gasteiger partial charge in [-0.25, -0.2) is 4.98 Å². The van der Waals surface area contributed by atoms with Crippen molar-refractivity contribution in [1.29, 1.82) is 0 Å². The average molecular weight is 451 g/mol. The zero-order valence-corrected chi connectivity index (χ0v) is 19.3. The Morgan fingerprint density at radius 1 is 0.912 bits per heavy atom. The van der Waals surface area contributed by atoms with Crippen molar-refractivity contribution < 1.29 is 4.79 Å². The van der Waals surface area contributed by atoms with Crippen LogP contribution < -0.4 is 10.6 Å². The molecule has 2 aromatic heterocycles. The minimum Gasteiger partial charge on any atom is -0.370 e. The number of carbonyl (C=O) groups excluding carboxylic acids is 1. The molecule has 0 saturated heterocycles. The number of benzene rings is 2. The first-order valence-electron chi connectivity index (χ1n) is 12.1. The van der Waals surface area contributed by atoms with Gasteiger partial charge < -0.3 is 15.6 Å². The lowest BCUT2D eigenvalue weighted by molar-refractivity contribution is 0.0973. The fourth-order valence-electron chi connectivity index (χ4n) is 4.60. The van der Waals surface area contributed by atoms with Crippen LogP contribution in [0.3, 0.4) is 0 Å². The summed E-state index contributed by atoms with van der Waals surface area (Å²) < 4.78 is 0. The fraction of sp³-hybridized carbons (Fsp3) is 0.241. The highest BCUT2D eigenvalue weighted by Gasteiger charge is 2.27. The number of hydrogen-bond donors (Lipinski definition) is 3. The number of aromatic amines is 1. The normalized spacial score (nSPS) is 12.9. The van der Waals surface area contributed by atoms with E-state index in [2.05, 4.69) is 57.0 Å². The topological polar surface area (TPSA) is 69.8 Å². The Hall–Kier alpha value is -3.86. The van der Waals surface area contributed by atoms with E-state index in [-0.39, 0.29) is 5.78 Å². The number of aryl methyl sites for hydroxylation is 2. The van der Waals surface area contributed by atoms with Gasteiger partial charge in [-0.2, -0.15) is 0 Å². The Labute approximate surface area is 200 Å². The third-order valence-electron chi connectivity index (χ3n) is 6.32. The van der Waals surface area contributed by atoms with E-state index in [1.165, 1.54) is 5.56 Å². The van der Waals surface area contributed by atoms with Crippen molar-refractivity contribution >= 4 is 23.0 Å². The van der Waals surface area contributed by atoms with Gasteiger partial charge in [-0.05, 0) is 61.9 Å². The first kappa shape index (κ1) is 22.0. The summed E-state index contributed by atoms with van der Waals surface area (Å²) in [6.07, 6.45) is 7.51. The zero-order valence-electron chi connectivity index (χ0n) is 19.3. The molecule has 0 saturated carbocycles. The quantitative estimate of drug-likeness (QED) is 0.246. The summed E-state index contributed by atoms with van der Waals surface area (Å²) in [7, 11) is 0. The number of pyridine rings is 1. The molecule has 0 spiro atoms. The van der Waals surface area contributed by atoms with Crippen LogP contribution in [0, 0.1) is 0 Å². The summed E-state index contributed by atoms with van der Waals surface area (Å²) in [6, 6.07) is 24.7. The van der Waals surface area contributed by atoms with Gasteiger partial charge in [-0.3, -0.25) is 4.79 Å². The van der Waals surface area contributed by atoms with Crippen molar-refractivity contribution in [3.63, 3.8) is 0 Å². The summed E-state index contributed by atoms with van der Waals surface area (Å²) in [5.74, 6) is 1.05. The lowest BCUT2D eigenvalue weighted by Gasteiger charge is -2.14. The van der Waals surface area contributed by atoms with Gasteiger partial charge in [-0.15, -0.1) is 0 Å². The second kappa shape index (κ2) is 10.4. The molecule has 4 aromatic rings. The van der Waals surface area contributed by atoms with Gasteiger partial charge in [0.05, 0.1) is 16.9 Å². The number of Topliss-reactive ketones (excluding diaryl/α,β-unsaturated/α-hetero) is 1. The van der Waals surface area contributed by atoms with Crippen molar-refractivity contribution in [3.8, 4) is 11.3 Å². The Kier molecular flexibility index (Phi) is 6.71. The van der Waals surface area contributed by atoms with Crippen LogP contribution in [-0.4, -0.2) is 22.3 Å². The zero-order chi connectivity index (χ0) is 23.2. The number of H-pyrrole nitrogens is 1. The number of para-hydroxylation sites is 1. The molecule has 0 aliphatic heterocycles. The molecule has 0 bridgehead atoms. The second-order valence-corrected chi connectivity index (χ2v) is 8.80. The van der Waals surface area contributed by atoms with E-state index in [4.69, 9.17) is 0 Å². The van der Waals surface area contributed by atoms with Crippen molar-refractivity contribution in [3.05, 3.63) is 95.8 Å². The maximum absolute atomic E-state index is 12.8. The average Bonchev–Trinajstić information content (AvgIpc) is 3.25. The molecule has 1 aliphatic rings. The van der Waals surface area contributed by atoms with Crippen molar-refractivity contribution in [2.75, 3.05) is 17.2 Å². The first-order chi connectivity index (χ1) is 16.8. The molecule has 0 unspecified atom stereocenters. The van der Waals surface area contributed by atoms with Crippen LogP contribution in [0.25, 0.3) is 11.3 Å². The summed E-state index contributed by atoms with van der Waals surface area (Å²) >= 11 is 0. The Morgan fingerprint density at radius 2 is 1.71 bits per heavy atom. The summed E-state index contributed by atoms with van der Waals surface area (Å²) in [6.45, 7) is 0.873.